The highest BCUT2D eigenvalue weighted by Crippen LogP contribution is 2.04. The van der Waals surface area contributed by atoms with Crippen LogP contribution in [-0.2, 0) is 9.59 Å². The number of hydrogen-bond donors (Lipinski definition) is 4. The number of hydrogen-bond acceptors (Lipinski definition) is 3. The Balaban J connectivity index is 3.42. The third-order valence-corrected chi connectivity index (χ3v) is 2.91. The van der Waals surface area contributed by atoms with Gasteiger partial charge in [-0.15, -0.1) is 0 Å². The lowest BCUT2D eigenvalue weighted by Gasteiger charge is -2.07. The highest BCUT2D eigenvalue weighted by molar-refractivity contribution is 5.76. The molecule has 0 bridgehead atoms. The molecule has 1 unspecified atom stereocenters. The molecule has 116 valence electrons. The molecule has 0 aromatic heterocycles. The summed E-state index contributed by atoms with van der Waals surface area (Å²) in [6.45, 7) is 2.79. The van der Waals surface area contributed by atoms with E-state index in [1.54, 1.807) is 6.92 Å². The summed E-state index contributed by atoms with van der Waals surface area (Å²) in [5.74, 6) is -1.05. The lowest BCUT2D eigenvalue weighted by molar-refractivity contribution is -0.141. The number of nitrogens with zero attached hydrogens (tertiary/aromatic N) is 1. The van der Waals surface area contributed by atoms with E-state index in [0.717, 1.165) is 19.3 Å². The van der Waals surface area contributed by atoms with Crippen LogP contribution >= 0.6 is 0 Å². The van der Waals surface area contributed by atoms with Crippen molar-refractivity contribution in [3.05, 3.63) is 0 Å². The molecule has 0 rings (SSSR count). The summed E-state index contributed by atoms with van der Waals surface area (Å²) in [6.07, 6.45) is 4.31. The van der Waals surface area contributed by atoms with Crippen LogP contribution in [0.25, 0.3) is 0 Å². The Morgan fingerprint density at radius 2 is 1.90 bits per heavy atom. The van der Waals surface area contributed by atoms with Crippen molar-refractivity contribution in [2.45, 2.75) is 45.4 Å². The van der Waals surface area contributed by atoms with E-state index in [0.29, 0.717) is 32.4 Å². The van der Waals surface area contributed by atoms with Crippen LogP contribution in [0.2, 0.25) is 0 Å². The normalized spacial score (nSPS) is 11.7. The molecule has 1 atom stereocenters. The average Bonchev–Trinajstić information content (AvgIpc) is 2.37. The van der Waals surface area contributed by atoms with Crippen molar-refractivity contribution in [1.29, 1.82) is 0 Å². The van der Waals surface area contributed by atoms with Crippen LogP contribution in [0.15, 0.2) is 4.99 Å². The highest BCUT2D eigenvalue weighted by Gasteiger charge is 2.09. The Hall–Kier alpha value is -1.79. The molecule has 0 radical (unpaired) electrons. The maximum atomic E-state index is 11.5. The van der Waals surface area contributed by atoms with Crippen molar-refractivity contribution >= 4 is 17.8 Å². The second kappa shape index (κ2) is 11.1. The molecule has 20 heavy (non-hydrogen) atoms. The number of carbonyl (C=O) groups is 2. The maximum Gasteiger partial charge on any atom is 0.306 e. The van der Waals surface area contributed by atoms with E-state index in [-0.39, 0.29) is 17.8 Å². The molecule has 0 aliphatic carbocycles. The largest absolute Gasteiger partial charge is 0.481 e. The van der Waals surface area contributed by atoms with E-state index in [1.165, 1.54) is 0 Å². The number of aliphatic carboxylic acids is 1. The summed E-state index contributed by atoms with van der Waals surface area (Å²) < 4.78 is 0. The molecule has 6 N–H and O–H groups in total. The molecule has 0 fully saturated rings. The number of amides is 1. The number of carbonyl (C=O) groups excluding carboxylic acids is 1. The highest BCUT2D eigenvalue weighted by atomic mass is 16.4. The van der Waals surface area contributed by atoms with Gasteiger partial charge in [0.1, 0.15) is 0 Å². The van der Waals surface area contributed by atoms with Gasteiger partial charge < -0.3 is 21.9 Å². The van der Waals surface area contributed by atoms with Gasteiger partial charge in [-0.05, 0) is 25.7 Å². The van der Waals surface area contributed by atoms with Crippen molar-refractivity contribution in [3.8, 4) is 0 Å². The van der Waals surface area contributed by atoms with Gasteiger partial charge in [0.2, 0.25) is 5.91 Å². The molecule has 0 spiro atoms. The van der Waals surface area contributed by atoms with Crippen LogP contribution in [0.3, 0.4) is 0 Å². The van der Waals surface area contributed by atoms with Crippen molar-refractivity contribution < 1.29 is 14.7 Å². The van der Waals surface area contributed by atoms with Gasteiger partial charge in [0.05, 0.1) is 5.92 Å². The van der Waals surface area contributed by atoms with E-state index >= 15 is 0 Å². The van der Waals surface area contributed by atoms with Gasteiger partial charge in [-0.25, -0.2) is 0 Å². The van der Waals surface area contributed by atoms with Gasteiger partial charge in [-0.3, -0.25) is 14.6 Å². The van der Waals surface area contributed by atoms with Gasteiger partial charge in [-0.2, -0.15) is 0 Å². The number of carboxylic acid groups (broad SMARTS) is 1. The minimum Gasteiger partial charge on any atom is -0.481 e. The fourth-order valence-electron chi connectivity index (χ4n) is 1.63. The zero-order chi connectivity index (χ0) is 15.4. The molecule has 0 aromatic rings. The summed E-state index contributed by atoms with van der Waals surface area (Å²) in [4.78, 5) is 25.9. The molecule has 1 amide bonds. The monoisotopic (exact) mass is 286 g/mol. The van der Waals surface area contributed by atoms with Crippen molar-refractivity contribution in [3.63, 3.8) is 0 Å². The number of nitrogens with one attached hydrogen (secondary N) is 1. The summed E-state index contributed by atoms with van der Waals surface area (Å²) >= 11 is 0. The first-order valence-electron chi connectivity index (χ1n) is 6.98. The van der Waals surface area contributed by atoms with E-state index in [2.05, 4.69) is 10.3 Å². The van der Waals surface area contributed by atoms with Gasteiger partial charge in [-0.1, -0.05) is 13.3 Å². The summed E-state index contributed by atoms with van der Waals surface area (Å²) in [7, 11) is 0. The first-order valence-corrected chi connectivity index (χ1v) is 6.98. The number of guanidine groups is 1. The average molecular weight is 286 g/mol. The molecular weight excluding hydrogens is 260 g/mol. The number of unbranched alkanes of at least 4 members (excludes halogenated alkanes) is 2. The van der Waals surface area contributed by atoms with E-state index in [1.807, 2.05) is 0 Å². The minimum atomic E-state index is -0.794. The molecule has 0 aliphatic rings. The first-order chi connectivity index (χ1) is 9.43. The standard InChI is InChI=1S/C13H26N4O3/c1-10(12(19)20)6-5-9-16-11(18)7-3-2-4-8-17-13(14)15/h10H,2-9H2,1H3,(H,16,18)(H,19,20)(H4,14,15,17). The van der Waals surface area contributed by atoms with Gasteiger partial charge in [0.25, 0.3) is 0 Å². The lowest BCUT2D eigenvalue weighted by Crippen LogP contribution is -2.25. The second-order valence-electron chi connectivity index (χ2n) is 4.85. The van der Waals surface area contributed by atoms with Crippen LogP contribution in [0, 0.1) is 5.92 Å². The maximum absolute atomic E-state index is 11.5. The third-order valence-electron chi connectivity index (χ3n) is 2.91. The van der Waals surface area contributed by atoms with Crippen LogP contribution < -0.4 is 16.8 Å². The summed E-state index contributed by atoms with van der Waals surface area (Å²) in [5, 5.41) is 11.5. The Kier molecular flexibility index (Phi) is 10.1. The van der Waals surface area contributed by atoms with Crippen molar-refractivity contribution in [2.75, 3.05) is 13.1 Å². The van der Waals surface area contributed by atoms with Gasteiger partial charge in [0.15, 0.2) is 5.96 Å². The van der Waals surface area contributed by atoms with E-state index in [9.17, 15) is 9.59 Å². The predicted octanol–water partition coefficient (Wildman–Crippen LogP) is 0.437. The topological polar surface area (TPSA) is 131 Å². The zero-order valence-electron chi connectivity index (χ0n) is 12.1. The van der Waals surface area contributed by atoms with Gasteiger partial charge >= 0.3 is 5.97 Å². The fraction of sp³-hybridized carbons (Fsp3) is 0.769. The number of nitrogens with two attached hydrogens (primary N) is 2. The smallest absolute Gasteiger partial charge is 0.306 e. The lowest BCUT2D eigenvalue weighted by atomic mass is 10.1. The van der Waals surface area contributed by atoms with Gasteiger partial charge in [0, 0.05) is 19.5 Å². The molecular formula is C13H26N4O3. The number of rotatable bonds is 11. The Morgan fingerprint density at radius 1 is 1.20 bits per heavy atom. The van der Waals surface area contributed by atoms with Crippen molar-refractivity contribution in [2.24, 2.45) is 22.4 Å². The second-order valence-corrected chi connectivity index (χ2v) is 4.85. The molecule has 7 heteroatoms. The van der Waals surface area contributed by atoms with Crippen LogP contribution in [-0.4, -0.2) is 36.0 Å². The molecule has 0 heterocycles. The Labute approximate surface area is 119 Å². The SMILES string of the molecule is CC(CCCNC(=O)CCCCCN=C(N)N)C(=O)O. The van der Waals surface area contributed by atoms with Crippen LogP contribution in [0.5, 0.6) is 0 Å². The molecule has 0 aliphatic heterocycles. The minimum absolute atomic E-state index is 0.00909. The molecule has 0 saturated carbocycles. The van der Waals surface area contributed by atoms with E-state index in [4.69, 9.17) is 16.6 Å². The zero-order valence-corrected chi connectivity index (χ0v) is 12.1. The Morgan fingerprint density at radius 3 is 2.50 bits per heavy atom. The first kappa shape index (κ1) is 18.2. The van der Waals surface area contributed by atoms with Crippen LogP contribution in [0.1, 0.15) is 45.4 Å². The van der Waals surface area contributed by atoms with Crippen LogP contribution in [0.4, 0.5) is 0 Å². The quantitative estimate of drug-likeness (QED) is 0.248. The fourth-order valence-corrected chi connectivity index (χ4v) is 1.63. The van der Waals surface area contributed by atoms with E-state index < -0.39 is 5.97 Å². The molecule has 0 aromatic carbocycles. The summed E-state index contributed by atoms with van der Waals surface area (Å²) in [6, 6.07) is 0. The van der Waals surface area contributed by atoms with Crippen molar-refractivity contribution in [1.82, 2.24) is 5.32 Å². The number of carboxylic acids is 1. The third kappa shape index (κ3) is 11.3. The Bertz CT molecular complexity index is 328. The predicted molar refractivity (Wildman–Crippen MR) is 78.2 cm³/mol. The molecule has 7 nitrogen and oxygen atoms in total. The molecule has 0 saturated heterocycles. The number of aliphatic imine (C=N–C) groups is 1. The summed E-state index contributed by atoms with van der Waals surface area (Å²) in [5.41, 5.74) is 10.4.